The molecule has 2 atom stereocenters. The molecule has 2 aromatic rings. The van der Waals surface area contributed by atoms with E-state index in [9.17, 15) is 0 Å². The highest BCUT2D eigenvalue weighted by atomic mass is 35.5. The minimum Gasteiger partial charge on any atom is -0.382 e. The van der Waals surface area contributed by atoms with Crippen LogP contribution in [0.2, 0.25) is 0 Å². The predicted octanol–water partition coefficient (Wildman–Crippen LogP) is 4.84. The van der Waals surface area contributed by atoms with Crippen LogP contribution in [-0.2, 0) is 0 Å². The van der Waals surface area contributed by atoms with E-state index >= 15 is 0 Å². The highest BCUT2D eigenvalue weighted by molar-refractivity contribution is 5.86. The van der Waals surface area contributed by atoms with E-state index in [1.807, 2.05) is 0 Å². The van der Waals surface area contributed by atoms with Crippen molar-refractivity contribution in [2.45, 2.75) is 38.6 Å². The maximum atomic E-state index is 3.79. The minimum atomic E-state index is 0. The third kappa shape index (κ3) is 4.15. The van der Waals surface area contributed by atoms with Gasteiger partial charge in [-0.15, -0.1) is 12.4 Å². The van der Waals surface area contributed by atoms with Crippen LogP contribution in [0.5, 0.6) is 0 Å². The number of rotatable bonds is 5. The van der Waals surface area contributed by atoms with Crippen LogP contribution in [0.4, 0.5) is 5.69 Å². The lowest BCUT2D eigenvalue weighted by atomic mass is 9.88. The van der Waals surface area contributed by atoms with E-state index in [0.29, 0.717) is 6.04 Å². The molecule has 0 radical (unpaired) electrons. The topological polar surface area (TPSA) is 24.1 Å². The van der Waals surface area contributed by atoms with Crippen molar-refractivity contribution in [2.24, 2.45) is 5.92 Å². The summed E-state index contributed by atoms with van der Waals surface area (Å²) in [7, 11) is 0. The Hall–Kier alpha value is -1.25. The van der Waals surface area contributed by atoms with Crippen LogP contribution in [0.1, 0.15) is 32.6 Å². The Bertz CT molecular complexity index is 584. The van der Waals surface area contributed by atoms with Gasteiger partial charge < -0.3 is 10.6 Å². The molecule has 22 heavy (non-hydrogen) atoms. The first-order chi connectivity index (χ1) is 10.4. The molecule has 120 valence electrons. The van der Waals surface area contributed by atoms with Crippen molar-refractivity contribution in [2.75, 3.05) is 18.4 Å². The zero-order valence-corrected chi connectivity index (χ0v) is 14.2. The van der Waals surface area contributed by atoms with E-state index < -0.39 is 0 Å². The van der Waals surface area contributed by atoms with Crippen molar-refractivity contribution >= 4 is 28.9 Å². The largest absolute Gasteiger partial charge is 0.382 e. The number of hydrogen-bond donors (Lipinski definition) is 2. The minimum absolute atomic E-state index is 0. The molecule has 1 aliphatic heterocycles. The molecule has 0 aromatic heterocycles. The standard InChI is InChI=1S/C19H26N2.ClH/c1-2-3-6-17-14-20-12-11-19(17)21-18-10-9-15-7-4-5-8-16(15)13-18;/h4-5,7-10,13,17,19-21H,2-3,6,11-12,14H2,1H3;1H/t17-,19-;/m0./s1. The Kier molecular flexibility index (Phi) is 6.53. The lowest BCUT2D eigenvalue weighted by Crippen LogP contribution is -2.43. The second-order valence-corrected chi connectivity index (χ2v) is 6.21. The van der Waals surface area contributed by atoms with E-state index in [1.165, 1.54) is 42.1 Å². The van der Waals surface area contributed by atoms with Crippen LogP contribution in [0.3, 0.4) is 0 Å². The van der Waals surface area contributed by atoms with E-state index in [1.54, 1.807) is 0 Å². The Morgan fingerprint density at radius 3 is 2.77 bits per heavy atom. The Morgan fingerprint density at radius 2 is 1.95 bits per heavy atom. The van der Waals surface area contributed by atoms with Crippen molar-refractivity contribution in [3.05, 3.63) is 42.5 Å². The van der Waals surface area contributed by atoms with Crippen molar-refractivity contribution in [1.29, 1.82) is 0 Å². The van der Waals surface area contributed by atoms with Gasteiger partial charge in [0.1, 0.15) is 0 Å². The quantitative estimate of drug-likeness (QED) is 0.824. The van der Waals surface area contributed by atoms with Gasteiger partial charge >= 0.3 is 0 Å². The van der Waals surface area contributed by atoms with Crippen LogP contribution in [0.25, 0.3) is 10.8 Å². The van der Waals surface area contributed by atoms with Crippen LogP contribution in [0, 0.1) is 5.92 Å². The normalized spacial score (nSPS) is 21.3. The lowest BCUT2D eigenvalue weighted by molar-refractivity contribution is 0.319. The molecule has 2 nitrogen and oxygen atoms in total. The number of piperidine rings is 1. The van der Waals surface area contributed by atoms with Crippen LogP contribution in [-0.4, -0.2) is 19.1 Å². The Balaban J connectivity index is 0.00000176. The third-order valence-corrected chi connectivity index (χ3v) is 4.64. The summed E-state index contributed by atoms with van der Waals surface area (Å²) in [5.41, 5.74) is 1.27. The average Bonchev–Trinajstić information content (AvgIpc) is 2.54. The number of benzene rings is 2. The van der Waals surface area contributed by atoms with Gasteiger partial charge in [-0.05, 0) is 54.8 Å². The van der Waals surface area contributed by atoms with Crippen molar-refractivity contribution in [3.63, 3.8) is 0 Å². The van der Waals surface area contributed by atoms with Crippen LogP contribution >= 0.6 is 12.4 Å². The van der Waals surface area contributed by atoms with Gasteiger partial charge in [-0.3, -0.25) is 0 Å². The van der Waals surface area contributed by atoms with Gasteiger partial charge in [0.25, 0.3) is 0 Å². The van der Waals surface area contributed by atoms with Gasteiger partial charge in [0.05, 0.1) is 0 Å². The fourth-order valence-corrected chi connectivity index (χ4v) is 3.38. The van der Waals surface area contributed by atoms with Crippen LogP contribution in [0.15, 0.2) is 42.5 Å². The molecule has 2 N–H and O–H groups in total. The summed E-state index contributed by atoms with van der Waals surface area (Å²) in [6.07, 6.45) is 5.18. The highest BCUT2D eigenvalue weighted by Gasteiger charge is 2.24. The number of anilines is 1. The SMILES string of the molecule is CCCC[C@H]1CNCC[C@@H]1Nc1ccc2ccccc2c1.Cl. The molecule has 0 bridgehead atoms. The summed E-state index contributed by atoms with van der Waals surface area (Å²) in [5, 5.41) is 9.98. The van der Waals surface area contributed by atoms with Gasteiger partial charge in [-0.1, -0.05) is 50.1 Å². The first kappa shape index (κ1) is 17.1. The summed E-state index contributed by atoms with van der Waals surface area (Å²) >= 11 is 0. The summed E-state index contributed by atoms with van der Waals surface area (Å²) in [5.74, 6) is 0.755. The predicted molar refractivity (Wildman–Crippen MR) is 99.1 cm³/mol. The maximum Gasteiger partial charge on any atom is 0.0348 e. The molecular formula is C19H27ClN2. The number of unbranched alkanes of at least 4 members (excludes halogenated alkanes) is 1. The number of halogens is 1. The summed E-state index contributed by atoms with van der Waals surface area (Å²) in [6.45, 7) is 4.57. The molecule has 0 unspecified atom stereocenters. The smallest absolute Gasteiger partial charge is 0.0348 e. The molecule has 1 saturated heterocycles. The van der Waals surface area contributed by atoms with Gasteiger partial charge in [0, 0.05) is 11.7 Å². The van der Waals surface area contributed by atoms with Gasteiger partial charge in [-0.2, -0.15) is 0 Å². The van der Waals surface area contributed by atoms with E-state index in [2.05, 4.69) is 60.0 Å². The second-order valence-electron chi connectivity index (χ2n) is 6.21. The molecule has 1 heterocycles. The van der Waals surface area contributed by atoms with Gasteiger partial charge in [0.2, 0.25) is 0 Å². The molecule has 0 aliphatic carbocycles. The molecule has 2 aromatic carbocycles. The highest BCUT2D eigenvalue weighted by Crippen LogP contribution is 2.24. The third-order valence-electron chi connectivity index (χ3n) is 4.64. The number of fused-ring (bicyclic) bond motifs is 1. The Morgan fingerprint density at radius 1 is 1.14 bits per heavy atom. The number of hydrogen-bond acceptors (Lipinski definition) is 2. The number of nitrogens with one attached hydrogen (secondary N) is 2. The van der Waals surface area contributed by atoms with Gasteiger partial charge in [-0.25, -0.2) is 0 Å². The van der Waals surface area contributed by atoms with E-state index in [0.717, 1.165) is 19.0 Å². The Labute approximate surface area is 140 Å². The molecule has 3 rings (SSSR count). The molecule has 0 spiro atoms. The van der Waals surface area contributed by atoms with E-state index in [4.69, 9.17) is 0 Å². The molecule has 1 fully saturated rings. The fraction of sp³-hybridized carbons (Fsp3) is 0.474. The summed E-state index contributed by atoms with van der Waals surface area (Å²) < 4.78 is 0. The monoisotopic (exact) mass is 318 g/mol. The van der Waals surface area contributed by atoms with E-state index in [-0.39, 0.29) is 12.4 Å². The lowest BCUT2D eigenvalue weighted by Gasteiger charge is -2.33. The summed E-state index contributed by atoms with van der Waals surface area (Å²) in [4.78, 5) is 0. The molecule has 0 saturated carbocycles. The maximum absolute atomic E-state index is 3.79. The molecule has 3 heteroatoms. The van der Waals surface area contributed by atoms with Crippen molar-refractivity contribution in [1.82, 2.24) is 5.32 Å². The molecular weight excluding hydrogens is 292 g/mol. The first-order valence-electron chi connectivity index (χ1n) is 8.33. The van der Waals surface area contributed by atoms with Crippen LogP contribution < -0.4 is 10.6 Å². The van der Waals surface area contributed by atoms with Gasteiger partial charge in [0.15, 0.2) is 0 Å². The second kappa shape index (κ2) is 8.40. The molecule has 1 aliphatic rings. The first-order valence-corrected chi connectivity index (χ1v) is 8.33. The van der Waals surface area contributed by atoms with Crippen molar-refractivity contribution in [3.8, 4) is 0 Å². The zero-order valence-electron chi connectivity index (χ0n) is 13.3. The zero-order chi connectivity index (χ0) is 14.5. The van der Waals surface area contributed by atoms with Crippen molar-refractivity contribution < 1.29 is 0 Å². The average molecular weight is 319 g/mol. The fourth-order valence-electron chi connectivity index (χ4n) is 3.38. The molecule has 0 amide bonds. The summed E-state index contributed by atoms with van der Waals surface area (Å²) in [6, 6.07) is 15.9.